The molecule has 0 aromatic rings. The van der Waals surface area contributed by atoms with Crippen LogP contribution in [0.3, 0.4) is 0 Å². The number of hydrogen-bond acceptors (Lipinski definition) is 3. The Balaban J connectivity index is 2.43. The number of likely N-dealkylation sites (tertiary alicyclic amines) is 1. The standard InChI is InChI=1S/C11H22N2O2/c1-4-13-7-5-6-10(13)8-12(3)9(2)11(14)15/h9-10H,4-8H2,1-3H3,(H,14,15). The Bertz CT molecular complexity index is 221. The van der Waals surface area contributed by atoms with Gasteiger partial charge in [0.15, 0.2) is 0 Å². The first kappa shape index (κ1) is 12.5. The number of aliphatic carboxylic acids is 1. The van der Waals surface area contributed by atoms with Gasteiger partial charge in [-0.3, -0.25) is 14.6 Å². The summed E-state index contributed by atoms with van der Waals surface area (Å²) in [6.07, 6.45) is 2.44. The fourth-order valence-electron chi connectivity index (χ4n) is 2.20. The third kappa shape index (κ3) is 3.18. The van der Waals surface area contributed by atoms with Gasteiger partial charge in [-0.05, 0) is 39.9 Å². The van der Waals surface area contributed by atoms with Gasteiger partial charge in [0.1, 0.15) is 6.04 Å². The molecule has 1 saturated heterocycles. The SMILES string of the molecule is CCN1CCCC1CN(C)C(C)C(=O)O. The summed E-state index contributed by atoms with van der Waals surface area (Å²) in [6.45, 7) is 7.00. The highest BCUT2D eigenvalue weighted by molar-refractivity contribution is 5.72. The molecule has 0 aliphatic carbocycles. The lowest BCUT2D eigenvalue weighted by Gasteiger charge is -2.29. The number of likely N-dealkylation sites (N-methyl/N-ethyl adjacent to an activating group) is 2. The highest BCUT2D eigenvalue weighted by Gasteiger charge is 2.26. The van der Waals surface area contributed by atoms with E-state index in [-0.39, 0.29) is 6.04 Å². The fraction of sp³-hybridized carbons (Fsp3) is 0.909. The maximum atomic E-state index is 10.8. The molecule has 4 nitrogen and oxygen atoms in total. The lowest BCUT2D eigenvalue weighted by molar-refractivity contribution is -0.142. The van der Waals surface area contributed by atoms with Gasteiger partial charge in [-0.1, -0.05) is 6.92 Å². The quantitative estimate of drug-likeness (QED) is 0.737. The maximum Gasteiger partial charge on any atom is 0.320 e. The molecule has 15 heavy (non-hydrogen) atoms. The van der Waals surface area contributed by atoms with Crippen LogP contribution in [0.2, 0.25) is 0 Å². The van der Waals surface area contributed by atoms with Crippen LogP contribution in [-0.4, -0.2) is 59.6 Å². The molecule has 1 fully saturated rings. The molecule has 0 saturated carbocycles. The zero-order chi connectivity index (χ0) is 11.4. The molecule has 0 aromatic carbocycles. The minimum Gasteiger partial charge on any atom is -0.480 e. The molecular formula is C11H22N2O2. The van der Waals surface area contributed by atoms with Crippen LogP contribution in [0.5, 0.6) is 0 Å². The zero-order valence-corrected chi connectivity index (χ0v) is 9.94. The Labute approximate surface area is 91.9 Å². The molecular weight excluding hydrogens is 192 g/mol. The first-order valence-corrected chi connectivity index (χ1v) is 5.73. The number of hydrogen-bond donors (Lipinski definition) is 1. The van der Waals surface area contributed by atoms with Gasteiger partial charge in [0, 0.05) is 12.6 Å². The van der Waals surface area contributed by atoms with Crippen molar-refractivity contribution in [2.24, 2.45) is 0 Å². The van der Waals surface area contributed by atoms with Crippen molar-refractivity contribution < 1.29 is 9.90 Å². The first-order valence-electron chi connectivity index (χ1n) is 5.73. The van der Waals surface area contributed by atoms with Crippen molar-refractivity contribution in [3.8, 4) is 0 Å². The second-order valence-electron chi connectivity index (χ2n) is 4.38. The monoisotopic (exact) mass is 214 g/mol. The lowest BCUT2D eigenvalue weighted by atomic mass is 10.2. The molecule has 0 bridgehead atoms. The number of carbonyl (C=O) groups is 1. The second kappa shape index (κ2) is 5.47. The Morgan fingerprint density at radius 1 is 1.67 bits per heavy atom. The summed E-state index contributed by atoms with van der Waals surface area (Å²) in [5, 5.41) is 8.89. The molecule has 1 heterocycles. The molecule has 0 amide bonds. The smallest absolute Gasteiger partial charge is 0.320 e. The van der Waals surface area contributed by atoms with Crippen molar-refractivity contribution in [1.29, 1.82) is 0 Å². The molecule has 2 unspecified atom stereocenters. The van der Waals surface area contributed by atoms with E-state index in [2.05, 4.69) is 11.8 Å². The van der Waals surface area contributed by atoms with E-state index < -0.39 is 5.97 Å². The van der Waals surface area contributed by atoms with Gasteiger partial charge in [-0.15, -0.1) is 0 Å². The molecule has 88 valence electrons. The number of rotatable bonds is 5. The fourth-order valence-corrected chi connectivity index (χ4v) is 2.20. The van der Waals surface area contributed by atoms with Crippen molar-refractivity contribution in [2.45, 2.75) is 38.8 Å². The van der Waals surface area contributed by atoms with Crippen LogP contribution in [0.1, 0.15) is 26.7 Å². The topological polar surface area (TPSA) is 43.8 Å². The summed E-state index contributed by atoms with van der Waals surface area (Å²) in [5.74, 6) is -0.737. The number of carboxylic acids is 1. The van der Waals surface area contributed by atoms with E-state index in [9.17, 15) is 4.79 Å². The Morgan fingerprint density at radius 2 is 2.33 bits per heavy atom. The van der Waals surface area contributed by atoms with E-state index in [0.29, 0.717) is 6.04 Å². The lowest BCUT2D eigenvalue weighted by Crippen LogP contribution is -2.44. The van der Waals surface area contributed by atoms with Crippen molar-refractivity contribution in [2.75, 3.05) is 26.7 Å². The summed E-state index contributed by atoms with van der Waals surface area (Å²) >= 11 is 0. The molecule has 0 aromatic heterocycles. The number of nitrogens with zero attached hydrogens (tertiary/aromatic N) is 2. The Hall–Kier alpha value is -0.610. The van der Waals surface area contributed by atoms with Crippen LogP contribution in [-0.2, 0) is 4.79 Å². The van der Waals surface area contributed by atoms with Crippen molar-refractivity contribution >= 4 is 5.97 Å². The third-order valence-electron chi connectivity index (χ3n) is 3.42. The van der Waals surface area contributed by atoms with Crippen LogP contribution in [0.25, 0.3) is 0 Å². The summed E-state index contributed by atoms with van der Waals surface area (Å²) in [7, 11) is 1.89. The maximum absolute atomic E-state index is 10.8. The van der Waals surface area contributed by atoms with Crippen LogP contribution in [0.15, 0.2) is 0 Å². The predicted octanol–water partition coefficient (Wildman–Crippen LogP) is 0.876. The summed E-state index contributed by atoms with van der Waals surface area (Å²) < 4.78 is 0. The van der Waals surface area contributed by atoms with E-state index in [1.54, 1.807) is 6.92 Å². The average molecular weight is 214 g/mol. The molecule has 0 radical (unpaired) electrons. The van der Waals surface area contributed by atoms with Crippen LogP contribution in [0, 0.1) is 0 Å². The van der Waals surface area contributed by atoms with E-state index in [0.717, 1.165) is 19.6 Å². The number of carboxylic acid groups (broad SMARTS) is 1. The predicted molar refractivity (Wildman–Crippen MR) is 60.0 cm³/mol. The average Bonchev–Trinajstić information content (AvgIpc) is 2.63. The summed E-state index contributed by atoms with van der Waals surface area (Å²) in [6, 6.07) is 0.158. The summed E-state index contributed by atoms with van der Waals surface area (Å²) in [4.78, 5) is 15.2. The molecule has 1 aliphatic rings. The van der Waals surface area contributed by atoms with Crippen LogP contribution >= 0.6 is 0 Å². The molecule has 1 aliphatic heterocycles. The summed E-state index contributed by atoms with van der Waals surface area (Å²) in [5.41, 5.74) is 0. The molecule has 0 spiro atoms. The zero-order valence-electron chi connectivity index (χ0n) is 9.94. The Kier molecular flexibility index (Phi) is 4.54. The van der Waals surface area contributed by atoms with E-state index >= 15 is 0 Å². The van der Waals surface area contributed by atoms with Gasteiger partial charge in [0.25, 0.3) is 0 Å². The Morgan fingerprint density at radius 3 is 2.87 bits per heavy atom. The van der Waals surface area contributed by atoms with Crippen molar-refractivity contribution in [3.63, 3.8) is 0 Å². The minimum absolute atomic E-state index is 0.385. The molecule has 4 heteroatoms. The minimum atomic E-state index is -0.737. The first-order chi connectivity index (χ1) is 7.06. The highest BCUT2D eigenvalue weighted by atomic mass is 16.4. The van der Waals surface area contributed by atoms with Crippen molar-refractivity contribution in [1.82, 2.24) is 9.80 Å². The second-order valence-corrected chi connectivity index (χ2v) is 4.38. The van der Waals surface area contributed by atoms with Gasteiger partial charge in [-0.25, -0.2) is 0 Å². The van der Waals surface area contributed by atoms with Gasteiger partial charge in [0.05, 0.1) is 0 Å². The van der Waals surface area contributed by atoms with Crippen LogP contribution in [0.4, 0.5) is 0 Å². The highest BCUT2D eigenvalue weighted by Crippen LogP contribution is 2.17. The third-order valence-corrected chi connectivity index (χ3v) is 3.42. The van der Waals surface area contributed by atoms with E-state index in [1.165, 1.54) is 12.8 Å². The normalized spacial score (nSPS) is 24.7. The van der Waals surface area contributed by atoms with Crippen LogP contribution < -0.4 is 0 Å². The van der Waals surface area contributed by atoms with Gasteiger partial charge in [-0.2, -0.15) is 0 Å². The molecule has 2 atom stereocenters. The van der Waals surface area contributed by atoms with Gasteiger partial charge >= 0.3 is 5.97 Å². The molecule has 1 N–H and O–H groups in total. The van der Waals surface area contributed by atoms with Crippen molar-refractivity contribution in [3.05, 3.63) is 0 Å². The van der Waals surface area contributed by atoms with E-state index in [1.807, 2.05) is 11.9 Å². The largest absolute Gasteiger partial charge is 0.480 e. The molecule has 1 rings (SSSR count). The van der Waals surface area contributed by atoms with Gasteiger partial charge in [0.2, 0.25) is 0 Å². The van der Waals surface area contributed by atoms with Gasteiger partial charge < -0.3 is 5.11 Å². The van der Waals surface area contributed by atoms with E-state index in [4.69, 9.17) is 5.11 Å².